The number of hydrogen-bond acceptors (Lipinski definition) is 7. The van der Waals surface area contributed by atoms with Gasteiger partial charge in [0.25, 0.3) is 5.69 Å². The molecule has 2 atom stereocenters. The van der Waals surface area contributed by atoms with Crippen molar-refractivity contribution >= 4 is 17.6 Å². The number of carboxylic acid groups (broad SMARTS) is 1. The van der Waals surface area contributed by atoms with E-state index >= 15 is 0 Å². The Morgan fingerprint density at radius 1 is 1.27 bits per heavy atom. The van der Waals surface area contributed by atoms with Crippen LogP contribution in [0.25, 0.3) is 0 Å². The maximum atomic E-state index is 11.6. The molecule has 0 spiro atoms. The Balaban J connectivity index is 3.46. The van der Waals surface area contributed by atoms with Crippen LogP contribution in [0, 0.1) is 26.1 Å². The zero-order chi connectivity index (χ0) is 16.9. The average molecular weight is 312 g/mol. The van der Waals surface area contributed by atoms with E-state index in [1.807, 2.05) is 0 Å². The number of methoxy groups -OCH3 is 1. The molecule has 0 aliphatic heterocycles. The number of carbonyl (C=O) groups excluding carboxylic acids is 1. The molecule has 0 saturated heterocycles. The quantitative estimate of drug-likeness (QED) is 0.336. The monoisotopic (exact) mass is 312 g/mol. The van der Waals surface area contributed by atoms with Crippen molar-refractivity contribution in [2.75, 3.05) is 13.7 Å². The summed E-state index contributed by atoms with van der Waals surface area (Å²) in [4.78, 5) is 43.1. The Morgan fingerprint density at radius 2 is 1.86 bits per heavy atom. The van der Waals surface area contributed by atoms with E-state index in [0.29, 0.717) is 0 Å². The van der Waals surface area contributed by atoms with Gasteiger partial charge in [-0.15, -0.1) is 0 Å². The lowest BCUT2D eigenvalue weighted by Crippen LogP contribution is -2.35. The first-order chi connectivity index (χ1) is 10.3. The first kappa shape index (κ1) is 17.0. The molecule has 22 heavy (non-hydrogen) atoms. The van der Waals surface area contributed by atoms with Crippen LogP contribution in [0.15, 0.2) is 24.3 Å². The number of ether oxygens (including phenoxy) is 1. The van der Waals surface area contributed by atoms with Gasteiger partial charge in [0.15, 0.2) is 5.92 Å². The second-order valence-electron chi connectivity index (χ2n) is 4.28. The Bertz CT molecular complexity index is 615. The summed E-state index contributed by atoms with van der Waals surface area (Å²) in [5, 5.41) is 31.0. The predicted octanol–water partition coefficient (Wildman–Crippen LogP) is 0.829. The molecule has 1 rings (SSSR count). The molecule has 0 amide bonds. The standard InChI is InChI=1S/C12H12N2O8/c1-22-12(17)10(11(15)16)8(6-13(18)19)7-4-2-3-5-9(7)14(20)21/h2-5,8,10H,6H2,1H3,(H,15,16). The smallest absolute Gasteiger partial charge is 0.320 e. The number of para-hydroxylation sites is 1. The number of nitro groups is 2. The number of aliphatic carboxylic acids is 1. The van der Waals surface area contributed by atoms with E-state index in [1.165, 1.54) is 18.2 Å². The minimum Gasteiger partial charge on any atom is -0.481 e. The minimum atomic E-state index is -1.92. The van der Waals surface area contributed by atoms with Crippen LogP contribution in [0.1, 0.15) is 11.5 Å². The molecule has 1 aromatic rings. The molecule has 118 valence electrons. The van der Waals surface area contributed by atoms with Crippen LogP contribution in [0.2, 0.25) is 0 Å². The lowest BCUT2D eigenvalue weighted by molar-refractivity contribution is -0.484. The molecule has 0 aromatic heterocycles. The summed E-state index contributed by atoms with van der Waals surface area (Å²) in [6.45, 7) is -0.961. The highest BCUT2D eigenvalue weighted by Gasteiger charge is 2.42. The number of rotatable bonds is 7. The third kappa shape index (κ3) is 3.75. The molecule has 2 unspecified atom stereocenters. The SMILES string of the molecule is COC(=O)C(C(=O)O)C(C[N+](=O)[O-])c1ccccc1[N+](=O)[O-]. The van der Waals surface area contributed by atoms with Gasteiger partial charge < -0.3 is 9.84 Å². The largest absolute Gasteiger partial charge is 0.481 e. The number of carboxylic acids is 1. The molecule has 0 heterocycles. The molecule has 0 fully saturated rings. The van der Waals surface area contributed by atoms with Gasteiger partial charge in [0.2, 0.25) is 6.54 Å². The number of hydrogen-bond donors (Lipinski definition) is 1. The highest BCUT2D eigenvalue weighted by Crippen LogP contribution is 2.33. The van der Waals surface area contributed by atoms with Crippen LogP contribution in [-0.4, -0.2) is 40.5 Å². The summed E-state index contributed by atoms with van der Waals surface area (Å²) in [5.74, 6) is -6.31. The van der Waals surface area contributed by atoms with Crippen molar-refractivity contribution < 1.29 is 29.3 Å². The maximum absolute atomic E-state index is 11.6. The third-order valence-electron chi connectivity index (χ3n) is 3.00. The minimum absolute atomic E-state index is 0.206. The van der Waals surface area contributed by atoms with Gasteiger partial charge >= 0.3 is 11.9 Å². The second kappa shape index (κ2) is 7.11. The number of nitro benzene ring substituents is 1. The van der Waals surface area contributed by atoms with Gasteiger partial charge in [-0.1, -0.05) is 18.2 Å². The van der Waals surface area contributed by atoms with Crippen LogP contribution in [0.4, 0.5) is 5.69 Å². The van der Waals surface area contributed by atoms with E-state index in [1.54, 1.807) is 0 Å². The van der Waals surface area contributed by atoms with E-state index in [9.17, 15) is 29.8 Å². The average Bonchev–Trinajstić information content (AvgIpc) is 2.45. The summed E-state index contributed by atoms with van der Waals surface area (Å²) in [6.07, 6.45) is 0. The van der Waals surface area contributed by atoms with E-state index in [4.69, 9.17) is 5.11 Å². The summed E-state index contributed by atoms with van der Waals surface area (Å²) in [7, 11) is 0.931. The van der Waals surface area contributed by atoms with Gasteiger partial charge in [-0.2, -0.15) is 0 Å². The van der Waals surface area contributed by atoms with Crippen LogP contribution in [0.5, 0.6) is 0 Å². The fourth-order valence-corrected chi connectivity index (χ4v) is 2.08. The summed E-state index contributed by atoms with van der Waals surface area (Å²) >= 11 is 0. The van der Waals surface area contributed by atoms with Crippen LogP contribution >= 0.6 is 0 Å². The molecule has 10 nitrogen and oxygen atoms in total. The van der Waals surface area contributed by atoms with Crippen LogP contribution in [-0.2, 0) is 14.3 Å². The predicted molar refractivity (Wildman–Crippen MR) is 70.8 cm³/mol. The van der Waals surface area contributed by atoms with Crippen LogP contribution in [0.3, 0.4) is 0 Å². The fourth-order valence-electron chi connectivity index (χ4n) is 2.08. The molecule has 0 aliphatic carbocycles. The molecular formula is C12H12N2O8. The second-order valence-corrected chi connectivity index (χ2v) is 4.28. The molecular weight excluding hydrogens is 300 g/mol. The van der Waals surface area contributed by atoms with E-state index in [2.05, 4.69) is 4.74 Å². The highest BCUT2D eigenvalue weighted by molar-refractivity contribution is 5.95. The number of esters is 1. The highest BCUT2D eigenvalue weighted by atomic mass is 16.6. The molecule has 1 aromatic carbocycles. The Hall–Kier alpha value is -3.04. The summed E-state index contributed by atoms with van der Waals surface area (Å²) < 4.78 is 4.35. The van der Waals surface area contributed by atoms with Gasteiger partial charge in [0.1, 0.15) is 0 Å². The molecule has 1 N–H and O–H groups in total. The van der Waals surface area contributed by atoms with Gasteiger partial charge in [-0.3, -0.25) is 29.8 Å². The molecule has 0 radical (unpaired) electrons. The van der Waals surface area contributed by atoms with E-state index in [0.717, 1.165) is 13.2 Å². The summed E-state index contributed by atoms with van der Waals surface area (Å²) in [6, 6.07) is 4.97. The topological polar surface area (TPSA) is 150 Å². The third-order valence-corrected chi connectivity index (χ3v) is 3.00. The zero-order valence-electron chi connectivity index (χ0n) is 11.4. The van der Waals surface area contributed by atoms with Crippen molar-refractivity contribution in [3.05, 3.63) is 50.1 Å². The Morgan fingerprint density at radius 3 is 2.32 bits per heavy atom. The Labute approximate surface area is 123 Å². The Kier molecular flexibility index (Phi) is 5.50. The van der Waals surface area contributed by atoms with Gasteiger partial charge in [0, 0.05) is 16.6 Å². The van der Waals surface area contributed by atoms with Crippen molar-refractivity contribution in [1.82, 2.24) is 0 Å². The zero-order valence-corrected chi connectivity index (χ0v) is 11.4. The van der Waals surface area contributed by atoms with Gasteiger partial charge in [0.05, 0.1) is 18.0 Å². The van der Waals surface area contributed by atoms with Crippen molar-refractivity contribution in [1.29, 1.82) is 0 Å². The van der Waals surface area contributed by atoms with Crippen molar-refractivity contribution in [3.8, 4) is 0 Å². The van der Waals surface area contributed by atoms with Crippen molar-refractivity contribution in [2.45, 2.75) is 5.92 Å². The summed E-state index contributed by atoms with van der Waals surface area (Å²) in [5.41, 5.74) is -0.702. The fraction of sp³-hybridized carbons (Fsp3) is 0.333. The lowest BCUT2D eigenvalue weighted by atomic mass is 9.85. The molecule has 0 aliphatic rings. The molecule has 10 heteroatoms. The first-order valence-electron chi connectivity index (χ1n) is 5.95. The number of carbonyl (C=O) groups is 2. The maximum Gasteiger partial charge on any atom is 0.320 e. The normalized spacial score (nSPS) is 13.0. The van der Waals surface area contributed by atoms with E-state index < -0.39 is 45.9 Å². The number of nitrogens with zero attached hydrogens (tertiary/aromatic N) is 2. The number of benzene rings is 1. The molecule has 0 bridgehead atoms. The lowest BCUT2D eigenvalue weighted by Gasteiger charge is -2.19. The van der Waals surface area contributed by atoms with E-state index in [-0.39, 0.29) is 5.56 Å². The van der Waals surface area contributed by atoms with Crippen molar-refractivity contribution in [3.63, 3.8) is 0 Å². The van der Waals surface area contributed by atoms with Gasteiger partial charge in [-0.05, 0) is 0 Å². The van der Waals surface area contributed by atoms with Gasteiger partial charge in [-0.25, -0.2) is 0 Å². The van der Waals surface area contributed by atoms with Crippen molar-refractivity contribution in [2.24, 2.45) is 5.92 Å². The first-order valence-corrected chi connectivity index (χ1v) is 5.95. The molecule has 0 saturated carbocycles. The van der Waals surface area contributed by atoms with Crippen LogP contribution < -0.4 is 0 Å².